The molecular weight excluding hydrogens is 354 g/mol. The summed E-state index contributed by atoms with van der Waals surface area (Å²) >= 11 is 0. The number of carbonyl (C=O) groups excluding carboxylic acids is 2. The highest BCUT2D eigenvalue weighted by molar-refractivity contribution is 6.02. The summed E-state index contributed by atoms with van der Waals surface area (Å²) in [7, 11) is 1.59. The van der Waals surface area contributed by atoms with Crippen molar-refractivity contribution in [3.63, 3.8) is 0 Å². The molecule has 6 heteroatoms. The van der Waals surface area contributed by atoms with Gasteiger partial charge in [-0.2, -0.15) is 0 Å². The predicted octanol–water partition coefficient (Wildman–Crippen LogP) is 1.52. The maximum Gasteiger partial charge on any atom is 0.254 e. The molecule has 0 aromatic heterocycles. The molecule has 2 heterocycles. The van der Waals surface area contributed by atoms with Crippen molar-refractivity contribution in [3.05, 3.63) is 64.7 Å². The quantitative estimate of drug-likeness (QED) is 0.755. The number of ether oxygens (including phenoxy) is 1. The molecule has 28 heavy (non-hydrogen) atoms. The Kier molecular flexibility index (Phi) is 4.09. The maximum absolute atomic E-state index is 12.9. The third kappa shape index (κ3) is 2.76. The number of piperidine rings is 1. The van der Waals surface area contributed by atoms with Crippen LogP contribution in [0.1, 0.15) is 37.8 Å². The Morgan fingerprint density at radius 3 is 2.54 bits per heavy atom. The van der Waals surface area contributed by atoms with Gasteiger partial charge in [0.25, 0.3) is 11.8 Å². The van der Waals surface area contributed by atoms with E-state index in [0.29, 0.717) is 35.3 Å². The molecule has 2 aromatic rings. The zero-order chi connectivity index (χ0) is 19.3. The van der Waals surface area contributed by atoms with Crippen LogP contribution in [0.4, 0.5) is 0 Å². The Bertz CT molecular complexity index is 934. The van der Waals surface area contributed by atoms with Gasteiger partial charge >= 0.3 is 0 Å². The number of benzene rings is 2. The van der Waals surface area contributed by atoms with Crippen molar-refractivity contribution in [2.75, 3.05) is 26.7 Å². The van der Waals surface area contributed by atoms with Crippen molar-refractivity contribution >= 4 is 11.8 Å². The summed E-state index contributed by atoms with van der Waals surface area (Å²) in [6.45, 7) is 2.40. The molecule has 0 spiro atoms. The molecular formula is C22H23N3O3. The molecule has 0 radical (unpaired) electrons. The second kappa shape index (κ2) is 6.63. The Hall–Kier alpha value is -2.86. The summed E-state index contributed by atoms with van der Waals surface area (Å²) in [6, 6.07) is 13.8. The number of nitrogens with one attached hydrogen (secondary N) is 3. The van der Waals surface area contributed by atoms with E-state index >= 15 is 0 Å². The molecule has 1 aliphatic carbocycles. The van der Waals surface area contributed by atoms with Crippen LogP contribution in [0, 0.1) is 11.8 Å². The van der Waals surface area contributed by atoms with Crippen molar-refractivity contribution in [3.8, 4) is 5.75 Å². The Balaban J connectivity index is 1.50. The minimum Gasteiger partial charge on any atom is -0.491 e. The number of fused-ring (bicyclic) bond motifs is 2. The molecule has 0 bridgehead atoms. The number of rotatable bonds is 4. The first-order chi connectivity index (χ1) is 13.7. The fourth-order valence-corrected chi connectivity index (χ4v) is 4.59. The zero-order valence-corrected chi connectivity index (χ0v) is 15.7. The summed E-state index contributed by atoms with van der Waals surface area (Å²) in [5.74, 6) is 1.31. The van der Waals surface area contributed by atoms with Crippen LogP contribution < -0.4 is 20.7 Å². The molecule has 5 rings (SSSR count). The second-order valence-corrected chi connectivity index (χ2v) is 7.78. The molecule has 144 valence electrons. The molecule has 3 N–H and O–H groups in total. The standard InChI is InChI=1S/C22H23N3O3/c1-23-22(27)15-8-13(21(26)25-19-16-9-24-10-17(16)19)7-14-18(11-28-20(14)15)12-5-3-2-4-6-12/h2-8,16-19,24H,9-11H2,1H3,(H,23,27)(H,25,26)/t16-,17+,18-,19+/m0/s1. The van der Waals surface area contributed by atoms with Gasteiger partial charge in [-0.15, -0.1) is 0 Å². The van der Waals surface area contributed by atoms with Crippen molar-refractivity contribution in [1.82, 2.24) is 16.0 Å². The summed E-state index contributed by atoms with van der Waals surface area (Å²) in [4.78, 5) is 25.4. The zero-order valence-electron chi connectivity index (χ0n) is 15.7. The average molecular weight is 377 g/mol. The third-order valence-corrected chi connectivity index (χ3v) is 6.21. The molecule has 1 saturated carbocycles. The third-order valence-electron chi connectivity index (χ3n) is 6.21. The van der Waals surface area contributed by atoms with Crippen LogP contribution >= 0.6 is 0 Å². The summed E-state index contributed by atoms with van der Waals surface area (Å²) in [6.07, 6.45) is 0. The van der Waals surface area contributed by atoms with Crippen molar-refractivity contribution in [2.24, 2.45) is 11.8 Å². The number of hydrogen-bond acceptors (Lipinski definition) is 4. The molecule has 3 aliphatic rings. The molecule has 4 atom stereocenters. The van der Waals surface area contributed by atoms with Crippen LogP contribution in [0.3, 0.4) is 0 Å². The van der Waals surface area contributed by atoms with E-state index in [-0.39, 0.29) is 23.8 Å². The summed E-state index contributed by atoms with van der Waals surface area (Å²) in [5, 5.41) is 9.14. The minimum atomic E-state index is -0.243. The number of carbonyl (C=O) groups is 2. The van der Waals surface area contributed by atoms with Crippen LogP contribution in [0.15, 0.2) is 42.5 Å². The van der Waals surface area contributed by atoms with Gasteiger partial charge in [-0.3, -0.25) is 9.59 Å². The number of amides is 2. The largest absolute Gasteiger partial charge is 0.491 e. The number of hydrogen-bond donors (Lipinski definition) is 3. The highest BCUT2D eigenvalue weighted by atomic mass is 16.5. The first-order valence-electron chi connectivity index (χ1n) is 9.76. The highest BCUT2D eigenvalue weighted by Gasteiger charge is 2.53. The van der Waals surface area contributed by atoms with E-state index in [2.05, 4.69) is 16.0 Å². The lowest BCUT2D eigenvalue weighted by Crippen LogP contribution is -2.32. The average Bonchev–Trinajstić information content (AvgIpc) is 3.10. The van der Waals surface area contributed by atoms with Gasteiger partial charge < -0.3 is 20.7 Å². The second-order valence-electron chi connectivity index (χ2n) is 7.78. The van der Waals surface area contributed by atoms with E-state index in [1.54, 1.807) is 13.1 Å². The SMILES string of the molecule is CNC(=O)c1cc(C(=O)N[C@H]2[C@@H]3CNC[C@@H]32)cc2c1OC[C@H]2c1ccccc1. The van der Waals surface area contributed by atoms with E-state index in [9.17, 15) is 9.59 Å². The predicted molar refractivity (Wildman–Crippen MR) is 105 cm³/mol. The Morgan fingerprint density at radius 1 is 1.07 bits per heavy atom. The molecule has 0 unspecified atom stereocenters. The monoisotopic (exact) mass is 377 g/mol. The van der Waals surface area contributed by atoms with Crippen molar-refractivity contribution in [2.45, 2.75) is 12.0 Å². The molecule has 6 nitrogen and oxygen atoms in total. The van der Waals surface area contributed by atoms with Gasteiger partial charge in [0, 0.05) is 43.2 Å². The summed E-state index contributed by atoms with van der Waals surface area (Å²) in [5.41, 5.74) is 2.95. The lowest BCUT2D eigenvalue weighted by atomic mass is 9.90. The minimum absolute atomic E-state index is 0.0110. The normalized spacial score (nSPS) is 26.8. The van der Waals surface area contributed by atoms with E-state index in [0.717, 1.165) is 24.2 Å². The van der Waals surface area contributed by atoms with Crippen LogP contribution in [-0.2, 0) is 0 Å². The van der Waals surface area contributed by atoms with Crippen LogP contribution in [0.2, 0.25) is 0 Å². The van der Waals surface area contributed by atoms with Crippen LogP contribution in [-0.4, -0.2) is 44.6 Å². The van der Waals surface area contributed by atoms with Gasteiger partial charge in [-0.05, 0) is 29.5 Å². The maximum atomic E-state index is 12.9. The molecule has 1 saturated heterocycles. The van der Waals surface area contributed by atoms with Gasteiger partial charge in [0.15, 0.2) is 0 Å². The fraction of sp³-hybridized carbons (Fsp3) is 0.364. The first-order valence-corrected chi connectivity index (χ1v) is 9.76. The fourth-order valence-electron chi connectivity index (χ4n) is 4.59. The Labute approximate surface area is 163 Å². The van der Waals surface area contributed by atoms with Gasteiger partial charge in [0.1, 0.15) is 5.75 Å². The van der Waals surface area contributed by atoms with Crippen molar-refractivity contribution < 1.29 is 14.3 Å². The molecule has 2 fully saturated rings. The van der Waals surface area contributed by atoms with Gasteiger partial charge in [0.2, 0.25) is 0 Å². The summed E-state index contributed by atoms with van der Waals surface area (Å²) < 4.78 is 5.91. The highest BCUT2D eigenvalue weighted by Crippen LogP contribution is 2.43. The van der Waals surface area contributed by atoms with Gasteiger partial charge in [-0.1, -0.05) is 30.3 Å². The molecule has 2 aromatic carbocycles. The molecule has 2 amide bonds. The topological polar surface area (TPSA) is 79.5 Å². The van der Waals surface area contributed by atoms with Gasteiger partial charge in [-0.25, -0.2) is 0 Å². The smallest absolute Gasteiger partial charge is 0.254 e. The van der Waals surface area contributed by atoms with E-state index < -0.39 is 0 Å². The molecule has 2 aliphatic heterocycles. The van der Waals surface area contributed by atoms with Gasteiger partial charge in [0.05, 0.1) is 12.2 Å². The van der Waals surface area contributed by atoms with Crippen LogP contribution in [0.25, 0.3) is 0 Å². The van der Waals surface area contributed by atoms with E-state index in [1.807, 2.05) is 36.4 Å². The lowest BCUT2D eigenvalue weighted by molar-refractivity contribution is 0.0946. The van der Waals surface area contributed by atoms with Crippen LogP contribution in [0.5, 0.6) is 5.75 Å². The van der Waals surface area contributed by atoms with Crippen molar-refractivity contribution in [1.29, 1.82) is 0 Å². The lowest BCUT2D eigenvalue weighted by Gasteiger charge is -2.13. The Morgan fingerprint density at radius 2 is 1.82 bits per heavy atom. The van der Waals surface area contributed by atoms with E-state index in [1.165, 1.54) is 0 Å². The first kappa shape index (κ1) is 17.3. The van der Waals surface area contributed by atoms with E-state index in [4.69, 9.17) is 4.74 Å².